The Bertz CT molecular complexity index is 668. The van der Waals surface area contributed by atoms with E-state index in [1.807, 2.05) is 6.07 Å². The minimum Gasteiger partial charge on any atom is -0.478 e. The molecular formula is C16H20N2O2. The number of carboxylic acids is 1. The Hall–Kier alpha value is -1.84. The summed E-state index contributed by atoms with van der Waals surface area (Å²) >= 11 is 0. The van der Waals surface area contributed by atoms with Crippen molar-refractivity contribution >= 4 is 17.0 Å². The summed E-state index contributed by atoms with van der Waals surface area (Å²) in [4.78, 5) is 15.8. The molecule has 1 N–H and O–H groups in total. The first-order valence-electron chi connectivity index (χ1n) is 7.24. The van der Waals surface area contributed by atoms with Crippen LogP contribution in [-0.2, 0) is 0 Å². The normalized spacial score (nSPS) is 16.8. The molecule has 2 aromatic rings. The van der Waals surface area contributed by atoms with Crippen LogP contribution in [0.1, 0.15) is 61.8 Å². The molecule has 0 bridgehead atoms. The van der Waals surface area contributed by atoms with Crippen LogP contribution in [0, 0.1) is 5.92 Å². The van der Waals surface area contributed by atoms with E-state index in [1.54, 1.807) is 12.1 Å². The van der Waals surface area contributed by atoms with Crippen LogP contribution in [0.2, 0.25) is 0 Å². The molecule has 4 heteroatoms. The molecule has 0 spiro atoms. The molecule has 106 valence electrons. The molecule has 1 aromatic heterocycles. The van der Waals surface area contributed by atoms with Crippen molar-refractivity contribution in [2.75, 3.05) is 0 Å². The highest BCUT2D eigenvalue weighted by Crippen LogP contribution is 2.42. The molecule has 1 fully saturated rings. The molecule has 0 radical (unpaired) electrons. The first kappa shape index (κ1) is 13.2. The number of imidazole rings is 1. The van der Waals surface area contributed by atoms with Gasteiger partial charge in [-0.3, -0.25) is 0 Å². The second kappa shape index (κ2) is 4.62. The first-order chi connectivity index (χ1) is 9.49. The second-order valence-electron chi connectivity index (χ2n) is 6.08. The number of carbonyl (C=O) groups is 1. The van der Waals surface area contributed by atoms with Gasteiger partial charge in [0.1, 0.15) is 5.82 Å². The van der Waals surface area contributed by atoms with Crippen molar-refractivity contribution in [3.8, 4) is 0 Å². The average Bonchev–Trinajstić information content (AvgIpc) is 3.17. The van der Waals surface area contributed by atoms with Crippen LogP contribution in [0.4, 0.5) is 0 Å². The summed E-state index contributed by atoms with van der Waals surface area (Å²) in [5, 5.41) is 9.10. The van der Waals surface area contributed by atoms with E-state index in [1.165, 1.54) is 12.8 Å². The number of benzene rings is 1. The Morgan fingerprint density at radius 2 is 2.05 bits per heavy atom. The molecule has 1 aliphatic carbocycles. The summed E-state index contributed by atoms with van der Waals surface area (Å²) in [6, 6.07) is 5.69. The first-order valence-corrected chi connectivity index (χ1v) is 7.24. The van der Waals surface area contributed by atoms with E-state index in [0.717, 1.165) is 22.8 Å². The largest absolute Gasteiger partial charge is 0.478 e. The molecule has 0 aliphatic heterocycles. The summed E-state index contributed by atoms with van der Waals surface area (Å²) in [5.74, 6) is 1.23. The zero-order valence-corrected chi connectivity index (χ0v) is 12.1. The van der Waals surface area contributed by atoms with Crippen molar-refractivity contribution < 1.29 is 9.90 Å². The fraction of sp³-hybridized carbons (Fsp3) is 0.500. The van der Waals surface area contributed by atoms with Gasteiger partial charge in [0, 0.05) is 12.0 Å². The van der Waals surface area contributed by atoms with Crippen molar-refractivity contribution in [3.63, 3.8) is 0 Å². The smallest absolute Gasteiger partial charge is 0.335 e. The van der Waals surface area contributed by atoms with Gasteiger partial charge >= 0.3 is 5.97 Å². The van der Waals surface area contributed by atoms with Crippen LogP contribution in [0.5, 0.6) is 0 Å². The molecule has 0 amide bonds. The molecule has 1 aromatic carbocycles. The van der Waals surface area contributed by atoms with Crippen LogP contribution in [0.3, 0.4) is 0 Å². The lowest BCUT2D eigenvalue weighted by atomic mass is 10.1. The minimum absolute atomic E-state index is 0.302. The molecule has 1 heterocycles. The van der Waals surface area contributed by atoms with Gasteiger partial charge in [-0.15, -0.1) is 0 Å². The van der Waals surface area contributed by atoms with Crippen molar-refractivity contribution in [1.82, 2.24) is 9.55 Å². The highest BCUT2D eigenvalue weighted by atomic mass is 16.4. The summed E-state index contributed by atoms with van der Waals surface area (Å²) in [6.45, 7) is 6.51. The van der Waals surface area contributed by atoms with E-state index in [-0.39, 0.29) is 0 Å². The van der Waals surface area contributed by atoms with Gasteiger partial charge in [-0.1, -0.05) is 13.8 Å². The van der Waals surface area contributed by atoms with E-state index in [2.05, 4.69) is 30.3 Å². The average molecular weight is 272 g/mol. The zero-order valence-electron chi connectivity index (χ0n) is 12.1. The number of hydrogen-bond acceptors (Lipinski definition) is 2. The van der Waals surface area contributed by atoms with Crippen LogP contribution in [0.15, 0.2) is 18.2 Å². The number of aromatic carboxylic acids is 1. The summed E-state index contributed by atoms with van der Waals surface area (Å²) < 4.78 is 2.31. The van der Waals surface area contributed by atoms with Crippen LogP contribution in [-0.4, -0.2) is 20.6 Å². The molecule has 1 atom stereocenters. The van der Waals surface area contributed by atoms with Gasteiger partial charge in [0.25, 0.3) is 0 Å². The number of aromatic nitrogens is 2. The van der Waals surface area contributed by atoms with Crippen molar-refractivity contribution in [1.29, 1.82) is 0 Å². The molecule has 1 aliphatic rings. The van der Waals surface area contributed by atoms with Gasteiger partial charge in [0.05, 0.1) is 16.6 Å². The highest BCUT2D eigenvalue weighted by Gasteiger charge is 2.32. The Balaban J connectivity index is 2.19. The van der Waals surface area contributed by atoms with Gasteiger partial charge in [0.15, 0.2) is 0 Å². The predicted molar refractivity (Wildman–Crippen MR) is 78.2 cm³/mol. The van der Waals surface area contributed by atoms with Crippen molar-refractivity contribution in [2.45, 2.75) is 45.6 Å². The predicted octanol–water partition coefficient (Wildman–Crippen LogP) is 3.83. The number of hydrogen-bond donors (Lipinski definition) is 1. The maximum Gasteiger partial charge on any atom is 0.335 e. The molecule has 1 unspecified atom stereocenters. The number of nitrogens with zero attached hydrogens (tertiary/aromatic N) is 2. The summed E-state index contributed by atoms with van der Waals surface area (Å²) in [7, 11) is 0. The van der Waals surface area contributed by atoms with Gasteiger partial charge in [0.2, 0.25) is 0 Å². The highest BCUT2D eigenvalue weighted by molar-refractivity contribution is 5.92. The maximum absolute atomic E-state index is 11.1. The molecule has 4 nitrogen and oxygen atoms in total. The van der Waals surface area contributed by atoms with Gasteiger partial charge in [-0.25, -0.2) is 9.78 Å². The molecule has 1 saturated carbocycles. The van der Waals surface area contributed by atoms with E-state index in [4.69, 9.17) is 5.11 Å². The quantitative estimate of drug-likeness (QED) is 0.920. The van der Waals surface area contributed by atoms with Crippen molar-refractivity contribution in [2.24, 2.45) is 5.92 Å². The van der Waals surface area contributed by atoms with Crippen LogP contribution >= 0.6 is 0 Å². The van der Waals surface area contributed by atoms with E-state index >= 15 is 0 Å². The third-order valence-electron chi connectivity index (χ3n) is 4.19. The minimum atomic E-state index is -0.900. The fourth-order valence-corrected chi connectivity index (χ4v) is 2.88. The van der Waals surface area contributed by atoms with Gasteiger partial charge in [-0.05, 0) is 43.9 Å². The van der Waals surface area contributed by atoms with Gasteiger partial charge < -0.3 is 9.67 Å². The monoisotopic (exact) mass is 272 g/mol. The van der Waals surface area contributed by atoms with Crippen LogP contribution < -0.4 is 0 Å². The topological polar surface area (TPSA) is 55.1 Å². The third-order valence-corrected chi connectivity index (χ3v) is 4.19. The second-order valence-corrected chi connectivity index (χ2v) is 6.08. The standard InChI is InChI=1S/C16H20N2O2/c1-9(2)15-17-13-8-12(16(19)20)6-7-14(13)18(15)10(3)11-4-5-11/h6-11H,4-5H2,1-3H3,(H,19,20). The SMILES string of the molecule is CC(C)c1nc2cc(C(=O)O)ccc2n1C(C)C1CC1. The summed E-state index contributed by atoms with van der Waals surface area (Å²) in [6.07, 6.45) is 2.57. The Labute approximate surface area is 118 Å². The maximum atomic E-state index is 11.1. The molecule has 20 heavy (non-hydrogen) atoms. The lowest BCUT2D eigenvalue weighted by Crippen LogP contribution is -2.12. The zero-order chi connectivity index (χ0) is 14.4. The fourth-order valence-electron chi connectivity index (χ4n) is 2.88. The Kier molecular flexibility index (Phi) is 3.04. The van der Waals surface area contributed by atoms with E-state index in [0.29, 0.717) is 17.5 Å². The lowest BCUT2D eigenvalue weighted by Gasteiger charge is -2.18. The lowest BCUT2D eigenvalue weighted by molar-refractivity contribution is 0.0697. The molecule has 0 saturated heterocycles. The number of carboxylic acid groups (broad SMARTS) is 1. The Morgan fingerprint density at radius 1 is 1.35 bits per heavy atom. The van der Waals surface area contributed by atoms with E-state index in [9.17, 15) is 4.79 Å². The molecule has 3 rings (SSSR count). The van der Waals surface area contributed by atoms with Gasteiger partial charge in [-0.2, -0.15) is 0 Å². The number of fused-ring (bicyclic) bond motifs is 1. The number of rotatable bonds is 4. The third kappa shape index (κ3) is 2.09. The van der Waals surface area contributed by atoms with Crippen LogP contribution in [0.25, 0.3) is 11.0 Å². The summed E-state index contributed by atoms with van der Waals surface area (Å²) in [5.41, 5.74) is 2.15. The van der Waals surface area contributed by atoms with E-state index < -0.39 is 5.97 Å². The van der Waals surface area contributed by atoms with Crippen molar-refractivity contribution in [3.05, 3.63) is 29.6 Å². The molecular weight excluding hydrogens is 252 g/mol. The Morgan fingerprint density at radius 3 is 2.60 bits per heavy atom.